The molecule has 106 valence electrons. The average Bonchev–Trinajstić information content (AvgIpc) is 2.31. The third kappa shape index (κ3) is 3.49. The first-order chi connectivity index (χ1) is 8.92. The van der Waals surface area contributed by atoms with Crippen LogP contribution in [0.5, 0.6) is 0 Å². The Balaban J connectivity index is 2.27. The molecule has 1 aliphatic rings. The highest BCUT2D eigenvalue weighted by Gasteiger charge is 2.28. The van der Waals surface area contributed by atoms with Crippen LogP contribution >= 0.6 is 27.5 Å². The molecule has 0 bridgehead atoms. The predicted molar refractivity (Wildman–Crippen MR) is 80.0 cm³/mol. The molecule has 1 saturated heterocycles. The van der Waals surface area contributed by atoms with Gasteiger partial charge in [-0.3, -0.25) is 0 Å². The van der Waals surface area contributed by atoms with E-state index in [4.69, 9.17) is 11.6 Å². The highest BCUT2D eigenvalue weighted by molar-refractivity contribution is 9.10. The maximum Gasteiger partial charge on any atom is 0.243 e. The summed E-state index contributed by atoms with van der Waals surface area (Å²) >= 11 is 9.25. The Bertz CT molecular complexity index is 545. The molecule has 1 aromatic rings. The quantitative estimate of drug-likeness (QED) is 0.863. The van der Waals surface area contributed by atoms with E-state index in [1.807, 2.05) is 6.92 Å². The van der Waals surface area contributed by atoms with Crippen LogP contribution in [0.25, 0.3) is 0 Å². The SMILES string of the molecule is CC1NCCCC1NS(=O)(=O)c1c(Cl)cccc1Br. The summed E-state index contributed by atoms with van der Waals surface area (Å²) in [5.41, 5.74) is 0. The normalized spacial score (nSPS) is 24.4. The minimum atomic E-state index is -3.62. The van der Waals surface area contributed by atoms with E-state index in [1.54, 1.807) is 18.2 Å². The van der Waals surface area contributed by atoms with Gasteiger partial charge in [0.2, 0.25) is 10.0 Å². The molecule has 2 N–H and O–H groups in total. The highest BCUT2D eigenvalue weighted by atomic mass is 79.9. The van der Waals surface area contributed by atoms with Gasteiger partial charge in [0.05, 0.1) is 5.02 Å². The molecule has 2 atom stereocenters. The molecule has 0 aromatic heterocycles. The van der Waals surface area contributed by atoms with E-state index < -0.39 is 10.0 Å². The largest absolute Gasteiger partial charge is 0.313 e. The van der Waals surface area contributed by atoms with E-state index in [9.17, 15) is 8.42 Å². The lowest BCUT2D eigenvalue weighted by Crippen LogP contribution is -2.51. The highest BCUT2D eigenvalue weighted by Crippen LogP contribution is 2.29. The van der Waals surface area contributed by atoms with Crippen LogP contribution in [0.4, 0.5) is 0 Å². The number of piperidine rings is 1. The summed E-state index contributed by atoms with van der Waals surface area (Å²) in [5, 5.41) is 3.48. The van der Waals surface area contributed by atoms with Gasteiger partial charge in [-0.05, 0) is 54.4 Å². The Morgan fingerprint density at radius 1 is 1.47 bits per heavy atom. The van der Waals surface area contributed by atoms with Crippen molar-refractivity contribution in [3.63, 3.8) is 0 Å². The molecule has 1 aromatic carbocycles. The second-order valence-electron chi connectivity index (χ2n) is 4.66. The fourth-order valence-corrected chi connectivity index (χ4v) is 5.29. The van der Waals surface area contributed by atoms with Gasteiger partial charge in [0.1, 0.15) is 4.90 Å². The van der Waals surface area contributed by atoms with Gasteiger partial charge in [0, 0.05) is 16.6 Å². The molecule has 1 aliphatic heterocycles. The predicted octanol–water partition coefficient (Wildman–Crippen LogP) is 2.52. The third-order valence-corrected chi connectivity index (χ3v) is 6.20. The van der Waals surface area contributed by atoms with Crippen LogP contribution in [-0.4, -0.2) is 27.0 Å². The van der Waals surface area contributed by atoms with Crippen molar-refractivity contribution in [2.75, 3.05) is 6.54 Å². The molecule has 7 heteroatoms. The molecule has 0 aliphatic carbocycles. The van der Waals surface area contributed by atoms with Crippen LogP contribution in [0.3, 0.4) is 0 Å². The zero-order valence-electron chi connectivity index (χ0n) is 10.5. The molecular weight excluding hydrogens is 352 g/mol. The first-order valence-electron chi connectivity index (χ1n) is 6.11. The Labute approximate surface area is 127 Å². The van der Waals surface area contributed by atoms with Gasteiger partial charge >= 0.3 is 0 Å². The lowest BCUT2D eigenvalue weighted by Gasteiger charge is -2.30. The van der Waals surface area contributed by atoms with Crippen molar-refractivity contribution < 1.29 is 8.42 Å². The first-order valence-corrected chi connectivity index (χ1v) is 8.77. The Morgan fingerprint density at radius 3 is 2.84 bits per heavy atom. The number of nitrogens with one attached hydrogen (secondary N) is 2. The summed E-state index contributed by atoms with van der Waals surface area (Å²) in [6.07, 6.45) is 1.79. The van der Waals surface area contributed by atoms with Crippen molar-refractivity contribution in [1.29, 1.82) is 0 Å². The summed E-state index contributed by atoms with van der Waals surface area (Å²) in [5.74, 6) is 0. The van der Waals surface area contributed by atoms with Gasteiger partial charge in [0.25, 0.3) is 0 Å². The number of halogens is 2. The van der Waals surface area contributed by atoms with Gasteiger partial charge in [-0.2, -0.15) is 0 Å². The summed E-state index contributed by atoms with van der Waals surface area (Å²) < 4.78 is 28.1. The van der Waals surface area contributed by atoms with Crippen LogP contribution in [0.15, 0.2) is 27.6 Å². The van der Waals surface area contributed by atoms with Crippen molar-refractivity contribution in [2.24, 2.45) is 0 Å². The summed E-state index contributed by atoms with van der Waals surface area (Å²) in [6, 6.07) is 4.95. The van der Waals surface area contributed by atoms with Crippen molar-refractivity contribution in [3.8, 4) is 0 Å². The number of rotatable bonds is 3. The van der Waals surface area contributed by atoms with Gasteiger partial charge in [0.15, 0.2) is 0 Å². The fourth-order valence-electron chi connectivity index (χ4n) is 2.20. The standard InChI is InChI=1S/C12H16BrClN2O2S/c1-8-11(6-3-7-15-8)16-19(17,18)12-9(13)4-2-5-10(12)14/h2,4-5,8,11,15-16H,3,6-7H2,1H3. The zero-order valence-corrected chi connectivity index (χ0v) is 13.6. The number of hydrogen-bond acceptors (Lipinski definition) is 3. The minimum absolute atomic E-state index is 0.106. The third-order valence-electron chi connectivity index (χ3n) is 3.26. The number of sulfonamides is 1. The summed E-state index contributed by atoms with van der Waals surface area (Å²) in [7, 11) is -3.62. The van der Waals surface area contributed by atoms with Crippen molar-refractivity contribution in [3.05, 3.63) is 27.7 Å². The first kappa shape index (κ1) is 15.3. The van der Waals surface area contributed by atoms with E-state index in [-0.39, 0.29) is 22.0 Å². The van der Waals surface area contributed by atoms with Crippen molar-refractivity contribution in [1.82, 2.24) is 10.0 Å². The van der Waals surface area contributed by atoms with Crippen LogP contribution in [0, 0.1) is 0 Å². The van der Waals surface area contributed by atoms with Gasteiger partial charge in [-0.1, -0.05) is 17.7 Å². The zero-order chi connectivity index (χ0) is 14.0. The number of benzene rings is 1. The van der Waals surface area contributed by atoms with Crippen LogP contribution in [-0.2, 0) is 10.0 Å². The smallest absolute Gasteiger partial charge is 0.243 e. The van der Waals surface area contributed by atoms with E-state index >= 15 is 0 Å². The monoisotopic (exact) mass is 366 g/mol. The lowest BCUT2D eigenvalue weighted by atomic mass is 10.0. The molecule has 1 heterocycles. The molecule has 0 spiro atoms. The Morgan fingerprint density at radius 2 is 2.21 bits per heavy atom. The van der Waals surface area contributed by atoms with E-state index in [0.717, 1.165) is 19.4 Å². The topological polar surface area (TPSA) is 58.2 Å². The van der Waals surface area contributed by atoms with Gasteiger partial charge in [-0.15, -0.1) is 0 Å². The molecule has 2 unspecified atom stereocenters. The molecule has 0 radical (unpaired) electrons. The molecule has 2 rings (SSSR count). The van der Waals surface area contributed by atoms with Gasteiger partial charge < -0.3 is 5.32 Å². The summed E-state index contributed by atoms with van der Waals surface area (Å²) in [4.78, 5) is 0.106. The second kappa shape index (κ2) is 6.10. The van der Waals surface area contributed by atoms with Crippen LogP contribution < -0.4 is 10.0 Å². The van der Waals surface area contributed by atoms with E-state index in [0.29, 0.717) is 4.47 Å². The van der Waals surface area contributed by atoms with E-state index in [1.165, 1.54) is 0 Å². The minimum Gasteiger partial charge on any atom is -0.313 e. The maximum atomic E-state index is 12.4. The van der Waals surface area contributed by atoms with Crippen molar-refractivity contribution in [2.45, 2.75) is 36.7 Å². The Hall–Kier alpha value is -0.140. The molecule has 0 amide bonds. The van der Waals surface area contributed by atoms with Crippen molar-refractivity contribution >= 4 is 37.6 Å². The number of hydrogen-bond donors (Lipinski definition) is 2. The van der Waals surface area contributed by atoms with Crippen LogP contribution in [0.2, 0.25) is 5.02 Å². The Kier molecular flexibility index (Phi) is 4.89. The molecular formula is C12H16BrClN2O2S. The molecule has 4 nitrogen and oxygen atoms in total. The lowest BCUT2D eigenvalue weighted by molar-refractivity contribution is 0.349. The fraction of sp³-hybridized carbons (Fsp3) is 0.500. The second-order valence-corrected chi connectivity index (χ2v) is 7.58. The molecule has 0 saturated carbocycles. The summed E-state index contributed by atoms with van der Waals surface area (Å²) in [6.45, 7) is 2.91. The molecule has 19 heavy (non-hydrogen) atoms. The maximum absolute atomic E-state index is 12.4. The van der Waals surface area contributed by atoms with E-state index in [2.05, 4.69) is 26.0 Å². The van der Waals surface area contributed by atoms with Crippen LogP contribution in [0.1, 0.15) is 19.8 Å². The average molecular weight is 368 g/mol. The van der Waals surface area contributed by atoms with Gasteiger partial charge in [-0.25, -0.2) is 13.1 Å². The molecule has 1 fully saturated rings.